The summed E-state index contributed by atoms with van der Waals surface area (Å²) in [5.41, 5.74) is 0.703. The number of para-hydroxylation sites is 2. The summed E-state index contributed by atoms with van der Waals surface area (Å²) in [6.07, 6.45) is 0.329. The number of nitrogens with one attached hydrogen (secondary N) is 1. The molecule has 1 amide bonds. The molecule has 110 valence electrons. The highest BCUT2D eigenvalue weighted by Gasteiger charge is 2.23. The maximum Gasteiger partial charge on any atom is 0.238 e. The van der Waals surface area contributed by atoms with Crippen LogP contribution in [0.5, 0.6) is 5.75 Å². The Morgan fingerprint density at radius 1 is 1.35 bits per heavy atom. The lowest BCUT2D eigenvalue weighted by molar-refractivity contribution is -0.121. The quantitative estimate of drug-likeness (QED) is 0.911. The highest BCUT2D eigenvalue weighted by Crippen LogP contribution is 2.23. The summed E-state index contributed by atoms with van der Waals surface area (Å²) in [5, 5.41) is 2.89. The second kappa shape index (κ2) is 6.72. The Bertz CT molecular complexity index is 454. The second-order valence-corrected chi connectivity index (χ2v) is 5.20. The van der Waals surface area contributed by atoms with Crippen LogP contribution < -0.4 is 10.1 Å². The average Bonchev–Trinajstić information content (AvgIpc) is 2.37. The Labute approximate surface area is 119 Å². The predicted molar refractivity (Wildman–Crippen MR) is 78.1 cm³/mol. The summed E-state index contributed by atoms with van der Waals surface area (Å²) in [6, 6.07) is 7.41. The minimum Gasteiger partial charge on any atom is -0.495 e. The molecule has 1 aromatic carbocycles. The van der Waals surface area contributed by atoms with E-state index in [1.807, 2.05) is 38.1 Å². The van der Waals surface area contributed by atoms with Gasteiger partial charge in [0.1, 0.15) is 5.75 Å². The van der Waals surface area contributed by atoms with Gasteiger partial charge in [-0.2, -0.15) is 0 Å². The minimum absolute atomic E-state index is 0.0317. The molecule has 1 aliphatic rings. The zero-order chi connectivity index (χ0) is 14.5. The molecule has 1 heterocycles. The van der Waals surface area contributed by atoms with Gasteiger partial charge in [0.05, 0.1) is 31.5 Å². The van der Waals surface area contributed by atoms with Crippen molar-refractivity contribution in [1.29, 1.82) is 0 Å². The summed E-state index contributed by atoms with van der Waals surface area (Å²) in [5.74, 6) is 0.639. The molecule has 0 aliphatic carbocycles. The molecule has 0 saturated carbocycles. The topological polar surface area (TPSA) is 50.8 Å². The van der Waals surface area contributed by atoms with E-state index < -0.39 is 0 Å². The lowest BCUT2D eigenvalue weighted by Gasteiger charge is -2.34. The van der Waals surface area contributed by atoms with Crippen molar-refractivity contribution in [2.45, 2.75) is 26.1 Å². The van der Waals surface area contributed by atoms with Gasteiger partial charge in [-0.15, -0.1) is 0 Å². The van der Waals surface area contributed by atoms with Crippen molar-refractivity contribution in [2.24, 2.45) is 0 Å². The van der Waals surface area contributed by atoms with Crippen LogP contribution >= 0.6 is 0 Å². The van der Waals surface area contributed by atoms with Crippen molar-refractivity contribution >= 4 is 11.6 Å². The Hall–Kier alpha value is -1.59. The van der Waals surface area contributed by atoms with Crippen LogP contribution in [0.2, 0.25) is 0 Å². The van der Waals surface area contributed by atoms with Crippen LogP contribution in [0.15, 0.2) is 24.3 Å². The monoisotopic (exact) mass is 278 g/mol. The lowest BCUT2D eigenvalue weighted by Crippen LogP contribution is -2.48. The molecule has 0 bridgehead atoms. The molecule has 2 unspecified atom stereocenters. The first-order valence-corrected chi connectivity index (χ1v) is 6.89. The molecule has 1 aromatic rings. The Balaban J connectivity index is 1.92. The number of anilines is 1. The fraction of sp³-hybridized carbons (Fsp3) is 0.533. The Kier molecular flexibility index (Phi) is 4.98. The molecule has 0 spiro atoms. The van der Waals surface area contributed by atoms with Gasteiger partial charge in [-0.25, -0.2) is 0 Å². The number of carbonyl (C=O) groups excluding carboxylic acids is 1. The highest BCUT2D eigenvalue weighted by atomic mass is 16.5. The molecule has 1 aliphatic heterocycles. The first-order valence-electron chi connectivity index (χ1n) is 6.89. The first-order chi connectivity index (χ1) is 9.58. The van der Waals surface area contributed by atoms with Crippen molar-refractivity contribution in [3.8, 4) is 5.75 Å². The summed E-state index contributed by atoms with van der Waals surface area (Å²) >= 11 is 0. The number of hydrogen-bond donors (Lipinski definition) is 1. The zero-order valence-electron chi connectivity index (χ0n) is 12.3. The molecule has 5 nitrogen and oxygen atoms in total. The van der Waals surface area contributed by atoms with Gasteiger partial charge in [-0.3, -0.25) is 9.69 Å². The van der Waals surface area contributed by atoms with Gasteiger partial charge < -0.3 is 14.8 Å². The van der Waals surface area contributed by atoms with Crippen LogP contribution in [0.1, 0.15) is 13.8 Å². The number of rotatable bonds is 4. The fourth-order valence-electron chi connectivity index (χ4n) is 2.55. The number of methoxy groups -OCH3 is 1. The maximum atomic E-state index is 12.1. The molecule has 1 N–H and O–H groups in total. The normalized spacial score (nSPS) is 23.4. The molecule has 2 rings (SSSR count). The van der Waals surface area contributed by atoms with Crippen LogP contribution in [-0.4, -0.2) is 49.8 Å². The number of hydrogen-bond acceptors (Lipinski definition) is 4. The van der Waals surface area contributed by atoms with Crippen molar-refractivity contribution < 1.29 is 14.3 Å². The van der Waals surface area contributed by atoms with Crippen molar-refractivity contribution in [1.82, 2.24) is 4.90 Å². The van der Waals surface area contributed by atoms with E-state index >= 15 is 0 Å². The molecular formula is C15H22N2O3. The molecule has 2 atom stereocenters. The van der Waals surface area contributed by atoms with Crippen molar-refractivity contribution in [2.75, 3.05) is 32.1 Å². The van der Waals surface area contributed by atoms with E-state index in [2.05, 4.69) is 10.2 Å². The summed E-state index contributed by atoms with van der Waals surface area (Å²) < 4.78 is 10.9. The largest absolute Gasteiger partial charge is 0.495 e. The van der Waals surface area contributed by atoms with E-state index in [0.717, 1.165) is 13.1 Å². The van der Waals surface area contributed by atoms with Crippen LogP contribution in [0.4, 0.5) is 5.69 Å². The van der Waals surface area contributed by atoms with Gasteiger partial charge in [0.2, 0.25) is 5.91 Å². The minimum atomic E-state index is -0.0317. The molecule has 1 fully saturated rings. The lowest BCUT2D eigenvalue weighted by atomic mass is 10.2. The number of morpholine rings is 1. The van der Waals surface area contributed by atoms with Gasteiger partial charge >= 0.3 is 0 Å². The van der Waals surface area contributed by atoms with Gasteiger partial charge in [-0.1, -0.05) is 12.1 Å². The number of ether oxygens (including phenoxy) is 2. The maximum absolute atomic E-state index is 12.1. The fourth-order valence-corrected chi connectivity index (χ4v) is 2.55. The smallest absolute Gasteiger partial charge is 0.238 e. The highest BCUT2D eigenvalue weighted by molar-refractivity contribution is 5.93. The van der Waals surface area contributed by atoms with Crippen molar-refractivity contribution in [3.05, 3.63) is 24.3 Å². The van der Waals surface area contributed by atoms with Gasteiger partial charge in [-0.05, 0) is 26.0 Å². The van der Waals surface area contributed by atoms with Gasteiger partial charge in [0.25, 0.3) is 0 Å². The van der Waals surface area contributed by atoms with Crippen LogP contribution in [0, 0.1) is 0 Å². The molecule has 0 radical (unpaired) electrons. The molecule has 20 heavy (non-hydrogen) atoms. The molecule has 0 aromatic heterocycles. The first kappa shape index (κ1) is 14.8. The Morgan fingerprint density at radius 3 is 2.65 bits per heavy atom. The van der Waals surface area contributed by atoms with E-state index in [1.165, 1.54) is 0 Å². The van der Waals surface area contributed by atoms with Crippen molar-refractivity contribution in [3.63, 3.8) is 0 Å². The van der Waals surface area contributed by atoms with Gasteiger partial charge in [0.15, 0.2) is 0 Å². The summed E-state index contributed by atoms with van der Waals surface area (Å²) in [6.45, 7) is 5.99. The molecule has 1 saturated heterocycles. The SMILES string of the molecule is COc1ccccc1NC(=O)CN1CC(C)OC(C)C1. The van der Waals surface area contributed by atoms with E-state index in [4.69, 9.17) is 9.47 Å². The van der Waals surface area contributed by atoms with E-state index in [0.29, 0.717) is 18.0 Å². The number of carbonyl (C=O) groups is 1. The van der Waals surface area contributed by atoms with E-state index in [9.17, 15) is 4.79 Å². The molecule has 5 heteroatoms. The van der Waals surface area contributed by atoms with Crippen LogP contribution in [0.25, 0.3) is 0 Å². The third kappa shape index (κ3) is 3.95. The number of nitrogens with zero attached hydrogens (tertiary/aromatic N) is 1. The van der Waals surface area contributed by atoms with E-state index in [1.54, 1.807) is 7.11 Å². The third-order valence-corrected chi connectivity index (χ3v) is 3.24. The average molecular weight is 278 g/mol. The summed E-state index contributed by atoms with van der Waals surface area (Å²) in [4.78, 5) is 14.2. The molecular weight excluding hydrogens is 256 g/mol. The summed E-state index contributed by atoms with van der Waals surface area (Å²) in [7, 11) is 1.59. The number of amides is 1. The third-order valence-electron chi connectivity index (χ3n) is 3.24. The Morgan fingerprint density at radius 2 is 2.00 bits per heavy atom. The van der Waals surface area contributed by atoms with E-state index in [-0.39, 0.29) is 18.1 Å². The van der Waals surface area contributed by atoms with Crippen LogP contribution in [0.3, 0.4) is 0 Å². The standard InChI is InChI=1S/C15H22N2O3/c1-11-8-17(9-12(2)20-11)10-15(18)16-13-6-4-5-7-14(13)19-3/h4-7,11-12H,8-10H2,1-3H3,(H,16,18). The van der Waals surface area contributed by atoms with Gasteiger partial charge in [0, 0.05) is 13.1 Å². The number of benzene rings is 1. The predicted octanol–water partition coefficient (Wildman–Crippen LogP) is 1.74. The zero-order valence-corrected chi connectivity index (χ0v) is 12.3. The second-order valence-electron chi connectivity index (χ2n) is 5.20. The van der Waals surface area contributed by atoms with Crippen LogP contribution in [-0.2, 0) is 9.53 Å².